The molecule has 2 N–H and O–H groups in total. The Labute approximate surface area is 170 Å². The minimum atomic E-state index is -0.196. The van der Waals surface area contributed by atoms with Gasteiger partial charge in [-0.15, -0.1) is 0 Å². The van der Waals surface area contributed by atoms with Crippen LogP contribution in [-0.4, -0.2) is 32.5 Å². The normalized spacial score (nSPS) is 10.1. The van der Waals surface area contributed by atoms with Crippen molar-refractivity contribution in [1.82, 2.24) is 0 Å². The topological polar surface area (TPSA) is 70.7 Å². The molecular formula is C23H23N3O3. The molecule has 0 radical (unpaired) electrons. The van der Waals surface area contributed by atoms with Gasteiger partial charge in [-0.25, -0.2) is 0 Å². The number of hydrogen-bond acceptors (Lipinski definition) is 4. The van der Waals surface area contributed by atoms with E-state index in [1.54, 1.807) is 55.5 Å². The lowest BCUT2D eigenvalue weighted by Crippen LogP contribution is -2.26. The van der Waals surface area contributed by atoms with E-state index in [-0.39, 0.29) is 18.4 Å². The summed E-state index contributed by atoms with van der Waals surface area (Å²) in [6.07, 6.45) is 0. The maximum absolute atomic E-state index is 12.6. The van der Waals surface area contributed by atoms with E-state index >= 15 is 0 Å². The molecule has 0 atom stereocenters. The number of carbonyl (C=O) groups is 2. The van der Waals surface area contributed by atoms with Gasteiger partial charge in [0.25, 0.3) is 5.91 Å². The fourth-order valence-corrected chi connectivity index (χ4v) is 2.82. The highest BCUT2D eigenvalue weighted by atomic mass is 16.5. The largest absolute Gasteiger partial charge is 0.495 e. The van der Waals surface area contributed by atoms with E-state index in [1.165, 1.54) is 0 Å². The van der Waals surface area contributed by atoms with Crippen LogP contribution in [-0.2, 0) is 4.79 Å². The number of methoxy groups -OCH3 is 1. The molecule has 0 spiro atoms. The van der Waals surface area contributed by atoms with Crippen LogP contribution in [0.15, 0.2) is 78.9 Å². The minimum absolute atomic E-state index is 0.0925. The van der Waals surface area contributed by atoms with E-state index in [1.807, 2.05) is 42.5 Å². The summed E-state index contributed by atoms with van der Waals surface area (Å²) < 4.78 is 5.22. The Morgan fingerprint density at radius 3 is 2.24 bits per heavy atom. The van der Waals surface area contributed by atoms with Crippen LogP contribution in [0.2, 0.25) is 0 Å². The van der Waals surface area contributed by atoms with Gasteiger partial charge >= 0.3 is 0 Å². The molecule has 0 saturated heterocycles. The van der Waals surface area contributed by atoms with Gasteiger partial charge in [0.2, 0.25) is 5.91 Å². The highest BCUT2D eigenvalue weighted by molar-refractivity contribution is 6.05. The lowest BCUT2D eigenvalue weighted by atomic mass is 10.1. The van der Waals surface area contributed by atoms with Crippen LogP contribution in [0, 0.1) is 0 Å². The Morgan fingerprint density at radius 1 is 0.897 bits per heavy atom. The minimum Gasteiger partial charge on any atom is -0.495 e. The maximum atomic E-state index is 12.6. The zero-order chi connectivity index (χ0) is 20.6. The molecule has 3 aromatic rings. The van der Waals surface area contributed by atoms with Crippen LogP contribution < -0.4 is 20.3 Å². The Balaban J connectivity index is 1.56. The first-order chi connectivity index (χ1) is 14.1. The van der Waals surface area contributed by atoms with Gasteiger partial charge in [0.05, 0.1) is 19.3 Å². The van der Waals surface area contributed by atoms with Crippen molar-refractivity contribution in [2.75, 3.05) is 36.2 Å². The SMILES string of the molecule is COc1ccccc1NC(=O)CNc1ccc(C(=O)N(C)c2ccccc2)cc1. The van der Waals surface area contributed by atoms with Crippen molar-refractivity contribution in [1.29, 1.82) is 0 Å². The summed E-state index contributed by atoms with van der Waals surface area (Å²) in [7, 11) is 3.30. The Bertz CT molecular complexity index is 972. The van der Waals surface area contributed by atoms with E-state index < -0.39 is 0 Å². The van der Waals surface area contributed by atoms with Gasteiger partial charge in [-0.05, 0) is 48.5 Å². The second kappa shape index (κ2) is 9.41. The van der Waals surface area contributed by atoms with E-state index in [9.17, 15) is 9.59 Å². The summed E-state index contributed by atoms with van der Waals surface area (Å²) in [5.41, 5.74) is 2.76. The van der Waals surface area contributed by atoms with Crippen molar-refractivity contribution in [2.45, 2.75) is 0 Å². The summed E-state index contributed by atoms with van der Waals surface area (Å²) in [6.45, 7) is 0.0925. The molecule has 0 saturated carbocycles. The van der Waals surface area contributed by atoms with E-state index in [0.717, 1.165) is 11.4 Å². The Morgan fingerprint density at radius 2 is 1.55 bits per heavy atom. The summed E-state index contributed by atoms with van der Waals surface area (Å²) in [6, 6.07) is 23.7. The number of nitrogens with zero attached hydrogens (tertiary/aromatic N) is 1. The zero-order valence-electron chi connectivity index (χ0n) is 16.4. The first-order valence-electron chi connectivity index (χ1n) is 9.18. The molecule has 0 heterocycles. The Hall–Kier alpha value is -3.80. The summed E-state index contributed by atoms with van der Waals surface area (Å²) in [5.74, 6) is 0.307. The lowest BCUT2D eigenvalue weighted by Gasteiger charge is -2.17. The van der Waals surface area contributed by atoms with Crippen molar-refractivity contribution in [2.24, 2.45) is 0 Å². The molecule has 6 heteroatoms. The average molecular weight is 389 g/mol. The molecule has 2 amide bonds. The van der Waals surface area contributed by atoms with Gasteiger partial charge < -0.3 is 20.3 Å². The summed E-state index contributed by atoms with van der Waals surface area (Å²) in [5, 5.41) is 5.86. The average Bonchev–Trinajstić information content (AvgIpc) is 2.78. The van der Waals surface area contributed by atoms with Gasteiger partial charge in [0.15, 0.2) is 0 Å². The second-order valence-corrected chi connectivity index (χ2v) is 6.38. The number of anilines is 3. The van der Waals surface area contributed by atoms with Gasteiger partial charge in [-0.1, -0.05) is 30.3 Å². The van der Waals surface area contributed by atoms with E-state index in [0.29, 0.717) is 17.0 Å². The van der Waals surface area contributed by atoms with E-state index in [2.05, 4.69) is 10.6 Å². The van der Waals surface area contributed by atoms with Crippen LogP contribution in [0.5, 0.6) is 5.75 Å². The van der Waals surface area contributed by atoms with Crippen molar-refractivity contribution in [3.8, 4) is 5.75 Å². The number of ether oxygens (including phenoxy) is 1. The molecule has 6 nitrogen and oxygen atoms in total. The highest BCUT2D eigenvalue weighted by Crippen LogP contribution is 2.23. The van der Waals surface area contributed by atoms with E-state index in [4.69, 9.17) is 4.74 Å². The molecule has 0 bridgehead atoms. The first-order valence-corrected chi connectivity index (χ1v) is 9.18. The van der Waals surface area contributed by atoms with Crippen molar-refractivity contribution in [3.63, 3.8) is 0 Å². The molecule has 0 fully saturated rings. The third kappa shape index (κ3) is 5.13. The van der Waals surface area contributed by atoms with Crippen molar-refractivity contribution in [3.05, 3.63) is 84.4 Å². The number of amides is 2. The predicted molar refractivity (Wildman–Crippen MR) is 116 cm³/mol. The number of benzene rings is 3. The molecule has 29 heavy (non-hydrogen) atoms. The molecular weight excluding hydrogens is 366 g/mol. The number of hydrogen-bond donors (Lipinski definition) is 2. The standard InChI is InChI=1S/C23H23N3O3/c1-26(19-8-4-3-5-9-19)23(28)17-12-14-18(15-13-17)24-16-22(27)25-20-10-6-7-11-21(20)29-2/h3-15,24H,16H2,1-2H3,(H,25,27). The maximum Gasteiger partial charge on any atom is 0.258 e. The third-order valence-corrected chi connectivity index (χ3v) is 4.41. The number of nitrogens with one attached hydrogen (secondary N) is 2. The number of para-hydroxylation sites is 3. The molecule has 0 unspecified atom stereocenters. The van der Waals surface area contributed by atoms with Gasteiger partial charge in [0.1, 0.15) is 5.75 Å². The first kappa shape index (κ1) is 19.9. The quantitative estimate of drug-likeness (QED) is 0.640. The molecule has 148 valence electrons. The zero-order valence-corrected chi connectivity index (χ0v) is 16.4. The molecule has 0 aromatic heterocycles. The molecule has 3 rings (SSSR count). The van der Waals surface area contributed by atoms with Crippen molar-refractivity contribution >= 4 is 28.9 Å². The fourth-order valence-electron chi connectivity index (χ4n) is 2.82. The third-order valence-electron chi connectivity index (χ3n) is 4.41. The predicted octanol–water partition coefficient (Wildman–Crippen LogP) is 4.02. The fraction of sp³-hybridized carbons (Fsp3) is 0.130. The second-order valence-electron chi connectivity index (χ2n) is 6.38. The van der Waals surface area contributed by atoms with Crippen molar-refractivity contribution < 1.29 is 14.3 Å². The van der Waals surface area contributed by atoms with Gasteiger partial charge in [0, 0.05) is 24.0 Å². The van der Waals surface area contributed by atoms with Crippen LogP contribution in [0.1, 0.15) is 10.4 Å². The van der Waals surface area contributed by atoms with Gasteiger partial charge in [-0.2, -0.15) is 0 Å². The van der Waals surface area contributed by atoms with Crippen LogP contribution in [0.4, 0.5) is 17.1 Å². The highest BCUT2D eigenvalue weighted by Gasteiger charge is 2.13. The lowest BCUT2D eigenvalue weighted by molar-refractivity contribution is -0.114. The summed E-state index contributed by atoms with van der Waals surface area (Å²) in [4.78, 5) is 26.4. The van der Waals surface area contributed by atoms with Crippen LogP contribution in [0.25, 0.3) is 0 Å². The molecule has 3 aromatic carbocycles. The smallest absolute Gasteiger partial charge is 0.258 e. The molecule has 0 aliphatic heterocycles. The molecule has 0 aliphatic rings. The number of carbonyl (C=O) groups excluding carboxylic acids is 2. The number of rotatable bonds is 7. The van der Waals surface area contributed by atoms with Crippen LogP contribution in [0.3, 0.4) is 0 Å². The van der Waals surface area contributed by atoms with Gasteiger partial charge in [-0.3, -0.25) is 9.59 Å². The Kier molecular flexibility index (Phi) is 6.47. The molecule has 0 aliphatic carbocycles. The monoisotopic (exact) mass is 389 g/mol. The van der Waals surface area contributed by atoms with Crippen LogP contribution >= 0.6 is 0 Å². The summed E-state index contributed by atoms with van der Waals surface area (Å²) >= 11 is 0.